The van der Waals surface area contributed by atoms with E-state index >= 15 is 0 Å². The predicted octanol–water partition coefficient (Wildman–Crippen LogP) is 4.42. The van der Waals surface area contributed by atoms with Gasteiger partial charge in [-0.2, -0.15) is 4.98 Å². The molecule has 0 spiro atoms. The molecule has 8 heteroatoms. The lowest BCUT2D eigenvalue weighted by molar-refractivity contribution is 0.0444. The van der Waals surface area contributed by atoms with Gasteiger partial charge in [-0.1, -0.05) is 16.8 Å². The fourth-order valence-electron chi connectivity index (χ4n) is 4.23. The van der Waals surface area contributed by atoms with Crippen molar-refractivity contribution in [3.63, 3.8) is 0 Å². The summed E-state index contributed by atoms with van der Waals surface area (Å²) >= 11 is 5.92. The first-order valence-corrected chi connectivity index (χ1v) is 9.44. The minimum Gasteiger partial charge on any atom is -0.354 e. The summed E-state index contributed by atoms with van der Waals surface area (Å²) in [7, 11) is 0. The molecule has 3 saturated carbocycles. The first-order chi connectivity index (χ1) is 12.3. The molecule has 2 aromatic heterocycles. The van der Waals surface area contributed by atoms with Crippen LogP contribution in [-0.2, 0) is 11.1 Å². The quantitative estimate of drug-likeness (QED) is 0.775. The highest BCUT2D eigenvalue weighted by molar-refractivity contribution is 6.29. The highest BCUT2D eigenvalue weighted by Crippen LogP contribution is 2.57. The molecule has 0 aliphatic heterocycles. The molecule has 0 radical (unpaired) electrons. The maximum Gasteiger partial charge on any atom is 0.263 e. The molecule has 26 heavy (non-hydrogen) atoms. The number of nitrogens with zero attached hydrogens (tertiary/aromatic N) is 4. The van der Waals surface area contributed by atoms with Crippen LogP contribution in [0.3, 0.4) is 0 Å². The third-order valence-corrected chi connectivity index (χ3v) is 6.26. The van der Waals surface area contributed by atoms with Crippen LogP contribution in [-0.4, -0.2) is 26.7 Å². The van der Waals surface area contributed by atoms with E-state index in [2.05, 4.69) is 25.4 Å². The van der Waals surface area contributed by atoms with Gasteiger partial charge in [0.1, 0.15) is 5.15 Å². The van der Waals surface area contributed by atoms with Gasteiger partial charge in [0.05, 0.1) is 0 Å². The largest absolute Gasteiger partial charge is 0.354 e. The van der Waals surface area contributed by atoms with E-state index in [0.717, 1.165) is 45.1 Å². The molecule has 2 heterocycles. The second-order valence-corrected chi connectivity index (χ2v) is 8.62. The van der Waals surface area contributed by atoms with Gasteiger partial charge in [-0.25, -0.2) is 14.4 Å². The third kappa shape index (κ3) is 3.17. The molecule has 2 bridgehead atoms. The van der Waals surface area contributed by atoms with Crippen molar-refractivity contribution in [1.29, 1.82) is 0 Å². The van der Waals surface area contributed by atoms with Gasteiger partial charge in [-0.05, 0) is 63.9 Å². The number of fused-ring (bicyclic) bond motifs is 3. The highest BCUT2D eigenvalue weighted by atomic mass is 35.5. The molecule has 1 N–H and O–H groups in total. The Morgan fingerprint density at radius 3 is 2.46 bits per heavy atom. The van der Waals surface area contributed by atoms with Crippen LogP contribution in [0.5, 0.6) is 0 Å². The second kappa shape index (κ2) is 6.15. The van der Waals surface area contributed by atoms with Gasteiger partial charge in [0, 0.05) is 18.2 Å². The van der Waals surface area contributed by atoms with E-state index in [0.29, 0.717) is 16.9 Å². The van der Waals surface area contributed by atoms with Crippen LogP contribution < -0.4 is 5.32 Å². The SMILES string of the molecule is CC(C)(F)c1nc(C23CCC(CNc4nccc(Cl)n4)(CC2)CC3)no1. The Hall–Kier alpha value is -1.76. The lowest BCUT2D eigenvalue weighted by Crippen LogP contribution is -2.47. The minimum atomic E-state index is -1.60. The van der Waals surface area contributed by atoms with Gasteiger partial charge in [0.2, 0.25) is 5.95 Å². The third-order valence-electron chi connectivity index (χ3n) is 6.05. The molecule has 2 aromatic rings. The number of hydrogen-bond acceptors (Lipinski definition) is 6. The zero-order valence-corrected chi connectivity index (χ0v) is 15.8. The number of aromatic nitrogens is 4. The predicted molar refractivity (Wildman–Crippen MR) is 95.8 cm³/mol. The first kappa shape index (κ1) is 17.6. The second-order valence-electron chi connectivity index (χ2n) is 8.23. The molecular formula is C18H23ClFN5O. The fourth-order valence-corrected chi connectivity index (χ4v) is 4.37. The van der Waals surface area contributed by atoms with Gasteiger partial charge in [0.15, 0.2) is 11.5 Å². The van der Waals surface area contributed by atoms with Gasteiger partial charge in [-0.3, -0.25) is 0 Å². The molecule has 0 saturated heterocycles. The molecular weight excluding hydrogens is 357 g/mol. The first-order valence-electron chi connectivity index (χ1n) is 9.06. The topological polar surface area (TPSA) is 76.7 Å². The van der Waals surface area contributed by atoms with E-state index in [4.69, 9.17) is 16.1 Å². The lowest BCUT2D eigenvalue weighted by Gasteiger charge is -2.52. The molecule has 0 unspecified atom stereocenters. The Morgan fingerprint density at radius 1 is 1.19 bits per heavy atom. The Bertz CT molecular complexity index is 778. The van der Waals surface area contributed by atoms with Gasteiger partial charge in [-0.15, -0.1) is 0 Å². The zero-order chi connectivity index (χ0) is 18.4. The molecule has 140 valence electrons. The molecule has 5 rings (SSSR count). The van der Waals surface area contributed by atoms with Crippen molar-refractivity contribution in [1.82, 2.24) is 20.1 Å². The number of hydrogen-bond donors (Lipinski definition) is 1. The fraction of sp³-hybridized carbons (Fsp3) is 0.667. The lowest BCUT2D eigenvalue weighted by atomic mass is 9.53. The molecule has 0 amide bonds. The molecule has 3 fully saturated rings. The highest BCUT2D eigenvalue weighted by Gasteiger charge is 2.51. The van der Waals surface area contributed by atoms with Crippen LogP contribution in [0.1, 0.15) is 64.1 Å². The van der Waals surface area contributed by atoms with Crippen LogP contribution in [0.25, 0.3) is 0 Å². The zero-order valence-electron chi connectivity index (χ0n) is 15.1. The van der Waals surface area contributed by atoms with Crippen molar-refractivity contribution >= 4 is 17.5 Å². The van der Waals surface area contributed by atoms with E-state index in [1.807, 2.05) is 0 Å². The molecule has 0 aromatic carbocycles. The Labute approximate surface area is 156 Å². The van der Waals surface area contributed by atoms with Crippen LogP contribution in [0.15, 0.2) is 16.8 Å². The van der Waals surface area contributed by atoms with Crippen LogP contribution >= 0.6 is 11.6 Å². The van der Waals surface area contributed by atoms with Crippen LogP contribution in [0.4, 0.5) is 10.3 Å². The Kier molecular flexibility index (Phi) is 4.17. The Balaban J connectivity index is 1.44. The van der Waals surface area contributed by atoms with E-state index in [1.54, 1.807) is 12.3 Å². The summed E-state index contributed by atoms with van der Waals surface area (Å²) in [4.78, 5) is 12.8. The van der Waals surface area contributed by atoms with Crippen molar-refractivity contribution in [3.8, 4) is 0 Å². The summed E-state index contributed by atoms with van der Waals surface area (Å²) in [6.07, 6.45) is 7.86. The monoisotopic (exact) mass is 379 g/mol. The molecule has 3 aliphatic rings. The normalized spacial score (nSPS) is 28.3. The van der Waals surface area contributed by atoms with Gasteiger partial charge in [0.25, 0.3) is 5.89 Å². The van der Waals surface area contributed by atoms with E-state index in [9.17, 15) is 4.39 Å². The average molecular weight is 380 g/mol. The number of rotatable bonds is 5. The van der Waals surface area contributed by atoms with Crippen LogP contribution in [0.2, 0.25) is 5.15 Å². The Morgan fingerprint density at radius 2 is 1.88 bits per heavy atom. The molecule has 3 aliphatic carbocycles. The van der Waals surface area contributed by atoms with Crippen molar-refractivity contribution in [2.24, 2.45) is 5.41 Å². The summed E-state index contributed by atoms with van der Waals surface area (Å²) in [5.74, 6) is 1.32. The van der Waals surface area contributed by atoms with Gasteiger partial charge >= 0.3 is 0 Å². The van der Waals surface area contributed by atoms with Gasteiger partial charge < -0.3 is 9.84 Å². The minimum absolute atomic E-state index is 0.0681. The number of anilines is 1. The average Bonchev–Trinajstić information content (AvgIpc) is 3.13. The van der Waals surface area contributed by atoms with E-state index in [1.165, 1.54) is 13.8 Å². The summed E-state index contributed by atoms with van der Waals surface area (Å²) in [6.45, 7) is 3.72. The maximum absolute atomic E-state index is 14.1. The summed E-state index contributed by atoms with van der Waals surface area (Å²) in [5, 5.41) is 7.91. The standard InChI is InChI=1S/C18H23ClFN5O/c1-16(2,20)14-24-13(25-26-14)18-7-4-17(5-8-18,6-9-18)11-22-15-21-10-3-12(19)23-15/h3,10H,4-9,11H2,1-2H3,(H,21,22,23). The number of alkyl halides is 1. The molecule has 6 nitrogen and oxygen atoms in total. The smallest absolute Gasteiger partial charge is 0.263 e. The van der Waals surface area contributed by atoms with Crippen LogP contribution in [0, 0.1) is 5.41 Å². The summed E-state index contributed by atoms with van der Waals surface area (Å²) < 4.78 is 19.3. The number of halogens is 2. The number of nitrogens with one attached hydrogen (secondary N) is 1. The summed E-state index contributed by atoms with van der Waals surface area (Å²) in [5.41, 5.74) is -1.43. The molecule has 0 atom stereocenters. The van der Waals surface area contributed by atoms with Crippen molar-refractivity contribution in [3.05, 3.63) is 29.1 Å². The van der Waals surface area contributed by atoms with Crippen molar-refractivity contribution in [2.75, 3.05) is 11.9 Å². The van der Waals surface area contributed by atoms with E-state index < -0.39 is 5.67 Å². The summed E-state index contributed by atoms with van der Waals surface area (Å²) in [6, 6.07) is 1.67. The van der Waals surface area contributed by atoms with Crippen molar-refractivity contribution < 1.29 is 8.91 Å². The van der Waals surface area contributed by atoms with Crippen molar-refractivity contribution in [2.45, 2.75) is 63.5 Å². The maximum atomic E-state index is 14.1. The van der Waals surface area contributed by atoms with E-state index in [-0.39, 0.29) is 16.7 Å².